The van der Waals surface area contributed by atoms with Crippen molar-refractivity contribution in [3.63, 3.8) is 0 Å². The number of carbonyl (C=O) groups excluding carboxylic acids is 2. The average Bonchev–Trinajstić information content (AvgIpc) is 3.53. The maximum Gasteiger partial charge on any atom is 0.471 e. The monoisotopic (exact) mass is 541 g/mol. The molecule has 1 amide bonds. The van der Waals surface area contributed by atoms with E-state index in [-0.39, 0.29) is 47.3 Å². The number of allylic oxidation sites excluding steroid dienone is 1. The fraction of sp³-hybridized carbons (Fsp3) is 0.333. The molecule has 4 rings (SSSR count). The van der Waals surface area contributed by atoms with Gasteiger partial charge in [0.05, 0.1) is 16.4 Å². The van der Waals surface area contributed by atoms with Crippen LogP contribution in [0.3, 0.4) is 0 Å². The summed E-state index contributed by atoms with van der Waals surface area (Å²) in [4.78, 5) is 29.0. The molecule has 1 aliphatic heterocycles. The number of Topliss-reactive ketones (excluding diaryl/α,β-unsaturated/α-hetero) is 1. The lowest BCUT2D eigenvalue weighted by atomic mass is 9.92. The molecule has 2 aromatic heterocycles. The number of hydrogen-bond acceptors (Lipinski definition) is 7. The minimum absolute atomic E-state index is 0.0137. The molecule has 0 radical (unpaired) electrons. The summed E-state index contributed by atoms with van der Waals surface area (Å²) < 4.78 is 77.5. The van der Waals surface area contributed by atoms with Gasteiger partial charge in [0.2, 0.25) is 11.6 Å². The Kier molecular flexibility index (Phi) is 7.83. The largest absolute Gasteiger partial charge is 0.471 e. The van der Waals surface area contributed by atoms with Gasteiger partial charge in [-0.2, -0.15) is 26.9 Å². The van der Waals surface area contributed by atoms with Crippen LogP contribution in [0.25, 0.3) is 10.7 Å². The number of halogens is 5. The van der Waals surface area contributed by atoms with Crippen LogP contribution in [0.5, 0.6) is 0 Å². The lowest BCUT2D eigenvalue weighted by Crippen LogP contribution is -2.33. The molecule has 1 aromatic carbocycles. The van der Waals surface area contributed by atoms with Crippen molar-refractivity contribution in [3.05, 3.63) is 70.4 Å². The second-order valence-corrected chi connectivity index (χ2v) is 9.28. The molecule has 1 unspecified atom stereocenters. The first kappa shape index (κ1) is 26.6. The number of hydrogen-bond donors (Lipinski definition) is 1. The van der Waals surface area contributed by atoms with Gasteiger partial charge in [-0.05, 0) is 30.5 Å². The van der Waals surface area contributed by atoms with Gasteiger partial charge >= 0.3 is 18.0 Å². The Morgan fingerprint density at radius 3 is 2.54 bits per heavy atom. The van der Waals surface area contributed by atoms with Crippen molar-refractivity contribution in [1.29, 1.82) is 0 Å². The number of ether oxygens (including phenoxy) is 1. The van der Waals surface area contributed by atoms with Crippen LogP contribution in [0, 0.1) is 5.92 Å². The maximum absolute atomic E-state index is 14.9. The first-order chi connectivity index (χ1) is 17.6. The summed E-state index contributed by atoms with van der Waals surface area (Å²) in [5.74, 6) is -7.90. The van der Waals surface area contributed by atoms with Crippen LogP contribution in [-0.4, -0.2) is 41.6 Å². The number of carbonyl (C=O) groups is 2. The van der Waals surface area contributed by atoms with Crippen LogP contribution >= 0.6 is 11.3 Å². The van der Waals surface area contributed by atoms with E-state index in [1.54, 1.807) is 6.07 Å². The van der Waals surface area contributed by atoms with Crippen molar-refractivity contribution in [2.45, 2.75) is 24.9 Å². The lowest BCUT2D eigenvalue weighted by Gasteiger charge is -2.22. The van der Waals surface area contributed by atoms with Crippen LogP contribution in [0.1, 0.15) is 34.0 Å². The minimum atomic E-state index is -4.79. The van der Waals surface area contributed by atoms with E-state index in [1.165, 1.54) is 42.5 Å². The Balaban J connectivity index is 1.44. The normalized spacial score (nSPS) is 17.0. The number of benzene rings is 1. The zero-order chi connectivity index (χ0) is 26.6. The van der Waals surface area contributed by atoms with E-state index >= 15 is 0 Å². The fourth-order valence-electron chi connectivity index (χ4n) is 3.63. The second-order valence-electron chi connectivity index (χ2n) is 8.19. The van der Waals surface area contributed by atoms with E-state index in [1.807, 2.05) is 0 Å². The average molecular weight is 541 g/mol. The maximum atomic E-state index is 14.9. The van der Waals surface area contributed by atoms with Crippen molar-refractivity contribution < 1.29 is 40.8 Å². The van der Waals surface area contributed by atoms with Crippen molar-refractivity contribution in [1.82, 2.24) is 15.5 Å². The Morgan fingerprint density at radius 1 is 1.08 bits per heavy atom. The van der Waals surface area contributed by atoms with Gasteiger partial charge in [-0.1, -0.05) is 41.6 Å². The third-order valence-corrected chi connectivity index (χ3v) is 6.54. The minimum Gasteiger partial charge on any atom is -0.381 e. The highest BCUT2D eigenvalue weighted by molar-refractivity contribution is 7.17. The van der Waals surface area contributed by atoms with E-state index in [0.717, 1.165) is 11.3 Å². The summed E-state index contributed by atoms with van der Waals surface area (Å²) in [7, 11) is 0. The Hall–Kier alpha value is -3.45. The van der Waals surface area contributed by atoms with Crippen molar-refractivity contribution >= 4 is 23.0 Å². The first-order valence-electron chi connectivity index (χ1n) is 11.1. The zero-order valence-electron chi connectivity index (χ0n) is 19.1. The number of amides is 1. The van der Waals surface area contributed by atoms with Crippen LogP contribution in [-0.2, 0) is 21.6 Å². The van der Waals surface area contributed by atoms with Crippen LogP contribution in [0.4, 0.5) is 22.0 Å². The van der Waals surface area contributed by atoms with E-state index in [9.17, 15) is 31.5 Å². The summed E-state index contributed by atoms with van der Waals surface area (Å²) in [6.45, 7) is 0.359. The Morgan fingerprint density at radius 2 is 1.84 bits per heavy atom. The van der Waals surface area contributed by atoms with E-state index < -0.39 is 41.2 Å². The fourth-order valence-corrected chi connectivity index (χ4v) is 4.48. The van der Waals surface area contributed by atoms with Gasteiger partial charge in [0.25, 0.3) is 5.91 Å². The molecule has 0 aliphatic carbocycles. The molecule has 1 aliphatic rings. The number of ketones is 1. The standard InChI is InChI=1S/C24H20F5N3O4S/c25-23(26,16-6-2-1-3-7-16)19(33)15-5-4-10-35-13-14(11-15)12-30-21(34)18-9-8-17(37-18)20-31-22(36-32-20)24(27,28)29/h1-3,6-9,11,14H,4-5,10,12-13H2,(H,30,34). The highest BCUT2D eigenvalue weighted by Gasteiger charge is 2.42. The predicted octanol–water partition coefficient (Wildman–Crippen LogP) is 5.26. The molecular formula is C24H20F5N3O4S. The first-order valence-corrected chi connectivity index (χ1v) is 11.9. The molecule has 3 heterocycles. The van der Waals surface area contributed by atoms with E-state index in [4.69, 9.17) is 4.74 Å². The smallest absolute Gasteiger partial charge is 0.381 e. The number of rotatable bonds is 7. The quantitative estimate of drug-likeness (QED) is 0.410. The molecule has 37 heavy (non-hydrogen) atoms. The number of alkyl halides is 5. The molecule has 0 saturated carbocycles. The van der Waals surface area contributed by atoms with Crippen molar-refractivity contribution in [3.8, 4) is 10.7 Å². The van der Waals surface area contributed by atoms with Crippen molar-refractivity contribution in [2.24, 2.45) is 5.92 Å². The van der Waals surface area contributed by atoms with Gasteiger partial charge in [-0.3, -0.25) is 9.59 Å². The van der Waals surface area contributed by atoms with Crippen molar-refractivity contribution in [2.75, 3.05) is 19.8 Å². The molecule has 0 fully saturated rings. The predicted molar refractivity (Wildman–Crippen MR) is 122 cm³/mol. The van der Waals surface area contributed by atoms with Crippen LogP contribution < -0.4 is 5.32 Å². The SMILES string of the molecule is O=C(NCC1C=C(C(=O)C(F)(F)c2ccccc2)CCCOC1)c1ccc(-c2noc(C(F)(F)F)n2)s1. The summed E-state index contributed by atoms with van der Waals surface area (Å²) >= 11 is 0.854. The van der Waals surface area contributed by atoms with Gasteiger partial charge in [-0.25, -0.2) is 0 Å². The molecule has 0 saturated heterocycles. The third-order valence-electron chi connectivity index (χ3n) is 5.46. The molecule has 0 spiro atoms. The summed E-state index contributed by atoms with van der Waals surface area (Å²) in [5.41, 5.74) is -0.436. The van der Waals surface area contributed by atoms with Gasteiger partial charge in [0.1, 0.15) is 0 Å². The van der Waals surface area contributed by atoms with Gasteiger partial charge in [-0.15, -0.1) is 11.3 Å². The number of nitrogens with zero attached hydrogens (tertiary/aromatic N) is 2. The third kappa shape index (κ3) is 6.28. The van der Waals surface area contributed by atoms with Crippen LogP contribution in [0.2, 0.25) is 0 Å². The Labute approximate surface area is 211 Å². The highest BCUT2D eigenvalue weighted by Crippen LogP contribution is 2.34. The Bertz CT molecular complexity index is 1290. The molecular weight excluding hydrogens is 521 g/mol. The van der Waals surface area contributed by atoms with Gasteiger partial charge < -0.3 is 14.6 Å². The lowest BCUT2D eigenvalue weighted by molar-refractivity contribution is -0.159. The zero-order valence-corrected chi connectivity index (χ0v) is 19.9. The summed E-state index contributed by atoms with van der Waals surface area (Å²) in [6, 6.07) is 9.59. The van der Waals surface area contributed by atoms with Gasteiger partial charge in [0.15, 0.2) is 0 Å². The number of nitrogens with one attached hydrogen (secondary N) is 1. The van der Waals surface area contributed by atoms with E-state index in [2.05, 4.69) is 20.0 Å². The second kappa shape index (κ2) is 10.9. The molecule has 1 N–H and O–H groups in total. The number of thiophene rings is 1. The highest BCUT2D eigenvalue weighted by atomic mass is 32.1. The topological polar surface area (TPSA) is 94.3 Å². The van der Waals surface area contributed by atoms with Gasteiger partial charge in [0, 0.05) is 24.6 Å². The summed E-state index contributed by atoms with van der Waals surface area (Å²) in [5, 5.41) is 5.93. The molecule has 1 atom stereocenters. The number of aromatic nitrogens is 2. The summed E-state index contributed by atoms with van der Waals surface area (Å²) in [6.07, 6.45) is -2.88. The molecule has 13 heteroatoms. The molecule has 3 aromatic rings. The molecule has 0 bridgehead atoms. The van der Waals surface area contributed by atoms with E-state index in [0.29, 0.717) is 6.42 Å². The van der Waals surface area contributed by atoms with Crippen LogP contribution in [0.15, 0.2) is 58.6 Å². The molecule has 196 valence electrons. The molecule has 7 nitrogen and oxygen atoms in total.